The maximum atomic E-state index is 11.8. The number of amides is 1. The fourth-order valence-corrected chi connectivity index (χ4v) is 2.29. The average Bonchev–Trinajstić information content (AvgIpc) is 2.14. The van der Waals surface area contributed by atoms with Gasteiger partial charge in [0.25, 0.3) is 0 Å². The summed E-state index contributed by atoms with van der Waals surface area (Å²) in [5.41, 5.74) is 5.66. The minimum Gasteiger partial charge on any atom is -0.351 e. The molecule has 1 aliphatic rings. The van der Waals surface area contributed by atoms with Crippen LogP contribution in [-0.4, -0.2) is 17.0 Å². The highest BCUT2D eigenvalue weighted by atomic mass is 16.1. The van der Waals surface area contributed by atoms with Gasteiger partial charge in [-0.15, -0.1) is 0 Å². The zero-order valence-corrected chi connectivity index (χ0v) is 10.9. The van der Waals surface area contributed by atoms with Crippen molar-refractivity contribution >= 4 is 5.91 Å². The summed E-state index contributed by atoms with van der Waals surface area (Å²) in [5.74, 6) is 0.155. The molecule has 3 heteroatoms. The molecule has 16 heavy (non-hydrogen) atoms. The van der Waals surface area contributed by atoms with Crippen molar-refractivity contribution in [3.63, 3.8) is 0 Å². The average molecular weight is 226 g/mol. The van der Waals surface area contributed by atoms with Gasteiger partial charge in [-0.3, -0.25) is 4.79 Å². The number of hydrogen-bond donors (Lipinski definition) is 2. The van der Waals surface area contributed by atoms with Gasteiger partial charge in [0.2, 0.25) is 5.91 Å². The maximum Gasteiger partial charge on any atom is 0.220 e. The molecule has 0 radical (unpaired) electrons. The van der Waals surface area contributed by atoms with E-state index in [1.54, 1.807) is 0 Å². The SMILES string of the molecule is CC(C)(N)CCC(=O)NC1(C)CCCCC1. The molecule has 0 aromatic carbocycles. The highest BCUT2D eigenvalue weighted by molar-refractivity contribution is 5.76. The first-order valence-corrected chi connectivity index (χ1v) is 6.41. The minimum absolute atomic E-state index is 0.0358. The summed E-state index contributed by atoms with van der Waals surface area (Å²) in [7, 11) is 0. The van der Waals surface area contributed by atoms with Gasteiger partial charge in [-0.2, -0.15) is 0 Å². The van der Waals surface area contributed by atoms with E-state index >= 15 is 0 Å². The Morgan fingerprint density at radius 1 is 1.31 bits per heavy atom. The summed E-state index contributed by atoms with van der Waals surface area (Å²) < 4.78 is 0. The second-order valence-corrected chi connectivity index (χ2v) is 6.16. The van der Waals surface area contributed by atoms with E-state index in [2.05, 4.69) is 12.2 Å². The Labute approximate surface area is 99.2 Å². The predicted octanol–water partition coefficient (Wildman–Crippen LogP) is 2.34. The van der Waals surface area contributed by atoms with E-state index < -0.39 is 0 Å². The fraction of sp³-hybridized carbons (Fsp3) is 0.923. The summed E-state index contributed by atoms with van der Waals surface area (Å²) in [6.07, 6.45) is 7.29. The van der Waals surface area contributed by atoms with Crippen molar-refractivity contribution in [2.45, 2.75) is 76.8 Å². The molecule has 1 amide bonds. The lowest BCUT2D eigenvalue weighted by atomic mass is 9.83. The van der Waals surface area contributed by atoms with E-state index in [-0.39, 0.29) is 17.0 Å². The molecule has 1 saturated carbocycles. The van der Waals surface area contributed by atoms with Gasteiger partial charge in [0.15, 0.2) is 0 Å². The monoisotopic (exact) mass is 226 g/mol. The van der Waals surface area contributed by atoms with E-state index in [0.717, 1.165) is 19.3 Å². The Hall–Kier alpha value is -0.570. The molecule has 1 aliphatic carbocycles. The minimum atomic E-state index is -0.245. The lowest BCUT2D eigenvalue weighted by molar-refractivity contribution is -0.123. The van der Waals surface area contributed by atoms with E-state index in [9.17, 15) is 4.79 Å². The quantitative estimate of drug-likeness (QED) is 0.773. The third-order valence-corrected chi connectivity index (χ3v) is 3.39. The van der Waals surface area contributed by atoms with E-state index in [1.165, 1.54) is 19.3 Å². The summed E-state index contributed by atoms with van der Waals surface area (Å²) in [5, 5.41) is 3.17. The normalized spacial score (nSPS) is 20.5. The number of rotatable bonds is 4. The molecule has 0 aromatic rings. The van der Waals surface area contributed by atoms with Crippen molar-refractivity contribution < 1.29 is 4.79 Å². The molecular weight excluding hydrogens is 200 g/mol. The Kier molecular flexibility index (Phi) is 4.36. The van der Waals surface area contributed by atoms with E-state index in [1.807, 2.05) is 13.8 Å². The van der Waals surface area contributed by atoms with Crippen LogP contribution in [0.25, 0.3) is 0 Å². The molecule has 0 unspecified atom stereocenters. The summed E-state index contributed by atoms with van der Waals surface area (Å²) in [4.78, 5) is 11.8. The molecule has 0 spiro atoms. The van der Waals surface area contributed by atoms with Gasteiger partial charge < -0.3 is 11.1 Å². The van der Waals surface area contributed by atoms with Crippen LogP contribution in [-0.2, 0) is 4.79 Å². The molecule has 0 atom stereocenters. The van der Waals surface area contributed by atoms with Gasteiger partial charge in [0, 0.05) is 17.5 Å². The second kappa shape index (κ2) is 5.17. The van der Waals surface area contributed by atoms with E-state index in [4.69, 9.17) is 5.73 Å². The van der Waals surface area contributed by atoms with Crippen molar-refractivity contribution in [3.8, 4) is 0 Å². The Morgan fingerprint density at radius 2 is 1.88 bits per heavy atom. The molecule has 3 N–H and O–H groups in total. The van der Waals surface area contributed by atoms with Crippen molar-refractivity contribution in [2.75, 3.05) is 0 Å². The maximum absolute atomic E-state index is 11.8. The van der Waals surface area contributed by atoms with Gasteiger partial charge in [-0.25, -0.2) is 0 Å². The Bertz CT molecular complexity index is 237. The summed E-state index contributed by atoms with van der Waals surface area (Å²) in [6, 6.07) is 0. The molecule has 1 fully saturated rings. The van der Waals surface area contributed by atoms with Crippen LogP contribution in [0.15, 0.2) is 0 Å². The first kappa shape index (κ1) is 13.5. The van der Waals surface area contributed by atoms with Gasteiger partial charge in [0.05, 0.1) is 0 Å². The highest BCUT2D eigenvalue weighted by Crippen LogP contribution is 2.27. The van der Waals surface area contributed by atoms with Crippen LogP contribution in [0.3, 0.4) is 0 Å². The number of hydrogen-bond acceptors (Lipinski definition) is 2. The molecule has 0 heterocycles. The largest absolute Gasteiger partial charge is 0.351 e. The molecule has 0 aromatic heterocycles. The number of nitrogens with two attached hydrogens (primary N) is 1. The smallest absolute Gasteiger partial charge is 0.220 e. The van der Waals surface area contributed by atoms with Crippen LogP contribution in [0, 0.1) is 0 Å². The number of carbonyl (C=O) groups excluding carboxylic acids is 1. The molecule has 1 rings (SSSR count). The van der Waals surface area contributed by atoms with Crippen LogP contribution >= 0.6 is 0 Å². The molecule has 0 bridgehead atoms. The van der Waals surface area contributed by atoms with Crippen molar-refractivity contribution in [2.24, 2.45) is 5.73 Å². The zero-order valence-electron chi connectivity index (χ0n) is 10.9. The van der Waals surface area contributed by atoms with E-state index in [0.29, 0.717) is 6.42 Å². The molecule has 0 saturated heterocycles. The van der Waals surface area contributed by atoms with Gasteiger partial charge in [0.1, 0.15) is 0 Å². The standard InChI is InChI=1S/C13H26N2O/c1-12(2,14)10-7-11(16)15-13(3)8-5-4-6-9-13/h4-10,14H2,1-3H3,(H,15,16). The van der Waals surface area contributed by atoms with Crippen LogP contribution in [0.2, 0.25) is 0 Å². The zero-order chi connectivity index (χ0) is 12.2. The topological polar surface area (TPSA) is 55.1 Å². The van der Waals surface area contributed by atoms with Gasteiger partial charge >= 0.3 is 0 Å². The first-order chi connectivity index (χ1) is 7.31. The van der Waals surface area contributed by atoms with Crippen LogP contribution in [0.1, 0.15) is 65.7 Å². The van der Waals surface area contributed by atoms with Crippen molar-refractivity contribution in [3.05, 3.63) is 0 Å². The molecule has 0 aliphatic heterocycles. The molecule has 3 nitrogen and oxygen atoms in total. The van der Waals surface area contributed by atoms with Crippen LogP contribution in [0.4, 0.5) is 0 Å². The van der Waals surface area contributed by atoms with Crippen LogP contribution < -0.4 is 11.1 Å². The Balaban J connectivity index is 2.33. The van der Waals surface area contributed by atoms with Crippen molar-refractivity contribution in [1.82, 2.24) is 5.32 Å². The van der Waals surface area contributed by atoms with Crippen LogP contribution in [0.5, 0.6) is 0 Å². The fourth-order valence-electron chi connectivity index (χ4n) is 2.29. The third kappa shape index (κ3) is 4.97. The molecule has 94 valence electrons. The number of carbonyl (C=O) groups is 1. The number of nitrogens with one attached hydrogen (secondary N) is 1. The Morgan fingerprint density at radius 3 is 2.38 bits per heavy atom. The highest BCUT2D eigenvalue weighted by Gasteiger charge is 2.28. The summed E-state index contributed by atoms with van der Waals surface area (Å²) >= 11 is 0. The first-order valence-electron chi connectivity index (χ1n) is 6.41. The lowest BCUT2D eigenvalue weighted by Crippen LogP contribution is -2.47. The van der Waals surface area contributed by atoms with Gasteiger partial charge in [-0.1, -0.05) is 19.3 Å². The summed E-state index contributed by atoms with van der Waals surface area (Å²) in [6.45, 7) is 6.09. The lowest BCUT2D eigenvalue weighted by Gasteiger charge is -2.34. The van der Waals surface area contributed by atoms with Crippen molar-refractivity contribution in [1.29, 1.82) is 0 Å². The van der Waals surface area contributed by atoms with Gasteiger partial charge in [-0.05, 0) is 40.0 Å². The molecular formula is C13H26N2O. The predicted molar refractivity (Wildman–Crippen MR) is 67.1 cm³/mol. The third-order valence-electron chi connectivity index (χ3n) is 3.39. The second-order valence-electron chi connectivity index (χ2n) is 6.16.